The molecule has 0 saturated heterocycles. The van der Waals surface area contributed by atoms with Crippen LogP contribution in [0.2, 0.25) is 0 Å². The zero-order chi connectivity index (χ0) is 14.5. The van der Waals surface area contributed by atoms with E-state index in [-0.39, 0.29) is 11.6 Å². The standard InChI is InChI=1S/C12H12N6O3/c19-12(13-4-2-5-18-8-14-16-17-18)9-7-11(21-15-9)10-3-1-6-20-10/h1,3,6-8H,2,4-5H2,(H,13,19). The van der Waals surface area contributed by atoms with Crippen LogP contribution >= 0.6 is 0 Å². The van der Waals surface area contributed by atoms with E-state index in [2.05, 4.69) is 26.0 Å². The molecular formula is C12H12N6O3. The van der Waals surface area contributed by atoms with Crippen LogP contribution < -0.4 is 5.32 Å². The highest BCUT2D eigenvalue weighted by Crippen LogP contribution is 2.20. The molecule has 3 rings (SSSR count). The van der Waals surface area contributed by atoms with Crippen molar-refractivity contribution in [2.24, 2.45) is 0 Å². The highest BCUT2D eigenvalue weighted by atomic mass is 16.5. The van der Waals surface area contributed by atoms with Crippen molar-refractivity contribution in [2.75, 3.05) is 6.54 Å². The van der Waals surface area contributed by atoms with Crippen LogP contribution in [-0.2, 0) is 6.54 Å². The molecule has 0 radical (unpaired) electrons. The number of carbonyl (C=O) groups is 1. The zero-order valence-corrected chi connectivity index (χ0v) is 11.0. The molecule has 3 aromatic heterocycles. The summed E-state index contributed by atoms with van der Waals surface area (Å²) in [4.78, 5) is 11.9. The summed E-state index contributed by atoms with van der Waals surface area (Å²) in [7, 11) is 0. The molecule has 9 nitrogen and oxygen atoms in total. The van der Waals surface area contributed by atoms with E-state index in [1.165, 1.54) is 18.7 Å². The molecule has 0 spiro atoms. The SMILES string of the molecule is O=C(NCCCn1cnnn1)c1cc(-c2ccco2)on1. The van der Waals surface area contributed by atoms with Crippen LogP contribution in [0.4, 0.5) is 0 Å². The van der Waals surface area contributed by atoms with E-state index >= 15 is 0 Å². The molecule has 0 aliphatic carbocycles. The van der Waals surface area contributed by atoms with E-state index in [0.29, 0.717) is 31.0 Å². The minimum absolute atomic E-state index is 0.212. The first-order valence-corrected chi connectivity index (χ1v) is 6.32. The number of carbonyl (C=O) groups excluding carboxylic acids is 1. The molecular weight excluding hydrogens is 276 g/mol. The summed E-state index contributed by atoms with van der Waals surface area (Å²) in [6.45, 7) is 1.12. The zero-order valence-electron chi connectivity index (χ0n) is 11.0. The lowest BCUT2D eigenvalue weighted by Crippen LogP contribution is -2.25. The second-order valence-electron chi connectivity index (χ2n) is 4.24. The lowest BCUT2D eigenvalue weighted by Gasteiger charge is -2.01. The van der Waals surface area contributed by atoms with Gasteiger partial charge in [0.25, 0.3) is 5.91 Å². The van der Waals surface area contributed by atoms with Gasteiger partial charge >= 0.3 is 0 Å². The second-order valence-corrected chi connectivity index (χ2v) is 4.24. The summed E-state index contributed by atoms with van der Waals surface area (Å²) >= 11 is 0. The fourth-order valence-electron chi connectivity index (χ4n) is 1.73. The monoisotopic (exact) mass is 288 g/mol. The van der Waals surface area contributed by atoms with Crippen LogP contribution in [0.1, 0.15) is 16.9 Å². The molecule has 0 aliphatic heterocycles. The summed E-state index contributed by atoms with van der Waals surface area (Å²) in [5.41, 5.74) is 0.212. The first kappa shape index (κ1) is 13.0. The Morgan fingerprint density at radius 3 is 3.10 bits per heavy atom. The van der Waals surface area contributed by atoms with Gasteiger partial charge in [0.1, 0.15) is 6.33 Å². The minimum Gasteiger partial charge on any atom is -0.461 e. The Balaban J connectivity index is 1.49. The summed E-state index contributed by atoms with van der Waals surface area (Å²) in [5.74, 6) is 0.646. The van der Waals surface area contributed by atoms with Gasteiger partial charge in [0.2, 0.25) is 5.76 Å². The maximum atomic E-state index is 11.9. The van der Waals surface area contributed by atoms with Crippen molar-refractivity contribution in [3.05, 3.63) is 36.5 Å². The Morgan fingerprint density at radius 2 is 2.33 bits per heavy atom. The first-order valence-electron chi connectivity index (χ1n) is 6.32. The molecule has 0 atom stereocenters. The van der Waals surface area contributed by atoms with Crippen molar-refractivity contribution in [3.63, 3.8) is 0 Å². The molecule has 1 amide bonds. The Labute approximate surface area is 118 Å². The van der Waals surface area contributed by atoms with Gasteiger partial charge < -0.3 is 14.3 Å². The Bertz CT molecular complexity index is 688. The first-order chi connectivity index (χ1) is 10.3. The Kier molecular flexibility index (Phi) is 3.72. The molecule has 0 unspecified atom stereocenters. The van der Waals surface area contributed by atoms with Crippen molar-refractivity contribution in [3.8, 4) is 11.5 Å². The molecule has 21 heavy (non-hydrogen) atoms. The normalized spacial score (nSPS) is 10.7. The van der Waals surface area contributed by atoms with E-state index in [4.69, 9.17) is 8.94 Å². The quantitative estimate of drug-likeness (QED) is 0.666. The third-order valence-electron chi connectivity index (χ3n) is 2.75. The number of aryl methyl sites for hydroxylation is 1. The van der Waals surface area contributed by atoms with Gasteiger partial charge in [-0.15, -0.1) is 5.10 Å². The predicted molar refractivity (Wildman–Crippen MR) is 69.0 cm³/mol. The third kappa shape index (κ3) is 3.14. The molecule has 3 heterocycles. The van der Waals surface area contributed by atoms with Crippen molar-refractivity contribution in [1.82, 2.24) is 30.7 Å². The smallest absolute Gasteiger partial charge is 0.273 e. The van der Waals surface area contributed by atoms with Gasteiger partial charge in [-0.25, -0.2) is 4.68 Å². The van der Waals surface area contributed by atoms with Crippen molar-refractivity contribution >= 4 is 5.91 Å². The largest absolute Gasteiger partial charge is 0.461 e. The maximum Gasteiger partial charge on any atom is 0.273 e. The number of furan rings is 1. The molecule has 0 saturated carbocycles. The number of hydrogen-bond acceptors (Lipinski definition) is 7. The third-order valence-corrected chi connectivity index (χ3v) is 2.75. The topological polar surface area (TPSA) is 112 Å². The number of nitrogens with one attached hydrogen (secondary N) is 1. The van der Waals surface area contributed by atoms with Crippen molar-refractivity contribution in [2.45, 2.75) is 13.0 Å². The van der Waals surface area contributed by atoms with Crippen LogP contribution in [0, 0.1) is 0 Å². The number of amides is 1. The summed E-state index contributed by atoms with van der Waals surface area (Å²) in [6.07, 6.45) is 3.76. The van der Waals surface area contributed by atoms with E-state index in [1.54, 1.807) is 16.8 Å². The van der Waals surface area contributed by atoms with Gasteiger partial charge in [-0.1, -0.05) is 5.16 Å². The van der Waals surface area contributed by atoms with Crippen LogP contribution in [0.25, 0.3) is 11.5 Å². The molecule has 1 N–H and O–H groups in total. The van der Waals surface area contributed by atoms with Crippen LogP contribution in [0.15, 0.2) is 39.7 Å². The predicted octanol–water partition coefficient (Wildman–Crippen LogP) is 0.741. The van der Waals surface area contributed by atoms with Crippen LogP contribution in [-0.4, -0.2) is 37.8 Å². The molecule has 0 bridgehead atoms. The number of aromatic nitrogens is 5. The van der Waals surface area contributed by atoms with E-state index < -0.39 is 0 Å². The van der Waals surface area contributed by atoms with Crippen molar-refractivity contribution < 1.29 is 13.7 Å². The van der Waals surface area contributed by atoms with Gasteiger partial charge in [0.05, 0.1) is 6.26 Å². The Morgan fingerprint density at radius 1 is 1.38 bits per heavy atom. The number of nitrogens with zero attached hydrogens (tertiary/aromatic N) is 5. The van der Waals surface area contributed by atoms with Crippen molar-refractivity contribution in [1.29, 1.82) is 0 Å². The fourth-order valence-corrected chi connectivity index (χ4v) is 1.73. The number of tetrazole rings is 1. The Hall–Kier alpha value is -2.97. The van der Waals surface area contributed by atoms with E-state index in [1.807, 2.05) is 0 Å². The van der Waals surface area contributed by atoms with E-state index in [9.17, 15) is 4.79 Å². The summed E-state index contributed by atoms with van der Waals surface area (Å²) in [5, 5.41) is 17.2. The average molecular weight is 288 g/mol. The molecule has 0 fully saturated rings. The highest BCUT2D eigenvalue weighted by Gasteiger charge is 2.14. The molecule has 9 heteroatoms. The average Bonchev–Trinajstić information content (AvgIpc) is 3.25. The van der Waals surface area contributed by atoms with Crippen LogP contribution in [0.3, 0.4) is 0 Å². The molecule has 3 aromatic rings. The van der Waals surface area contributed by atoms with Gasteiger partial charge in [-0.3, -0.25) is 4.79 Å². The van der Waals surface area contributed by atoms with Crippen LogP contribution in [0.5, 0.6) is 0 Å². The van der Waals surface area contributed by atoms with Gasteiger partial charge in [0, 0.05) is 19.2 Å². The molecule has 0 aliphatic rings. The van der Waals surface area contributed by atoms with Gasteiger partial charge in [-0.2, -0.15) is 0 Å². The number of rotatable bonds is 6. The fraction of sp³-hybridized carbons (Fsp3) is 0.250. The molecule has 0 aromatic carbocycles. The van der Waals surface area contributed by atoms with Gasteiger partial charge in [0.15, 0.2) is 11.5 Å². The summed E-state index contributed by atoms with van der Waals surface area (Å²) < 4.78 is 11.8. The number of hydrogen-bond donors (Lipinski definition) is 1. The van der Waals surface area contributed by atoms with Gasteiger partial charge in [-0.05, 0) is 29.0 Å². The second kappa shape index (κ2) is 5.99. The summed E-state index contributed by atoms with van der Waals surface area (Å²) in [6, 6.07) is 5.00. The van der Waals surface area contributed by atoms with E-state index in [0.717, 1.165) is 0 Å². The highest BCUT2D eigenvalue weighted by molar-refractivity contribution is 5.92. The minimum atomic E-state index is -0.298. The lowest BCUT2D eigenvalue weighted by atomic mass is 10.3. The maximum absolute atomic E-state index is 11.9. The molecule has 108 valence electrons. The lowest BCUT2D eigenvalue weighted by molar-refractivity contribution is 0.0943.